The maximum absolute atomic E-state index is 10.1. The summed E-state index contributed by atoms with van der Waals surface area (Å²) in [6.45, 7) is 2.82. The van der Waals surface area contributed by atoms with Gasteiger partial charge in [0.25, 0.3) is 0 Å². The summed E-state index contributed by atoms with van der Waals surface area (Å²) < 4.78 is 5.58. The summed E-state index contributed by atoms with van der Waals surface area (Å²) in [5.41, 5.74) is 0. The Bertz CT molecular complexity index is 113. The van der Waals surface area contributed by atoms with Gasteiger partial charge in [0.05, 0.1) is 12.7 Å². The molecule has 13 heavy (non-hydrogen) atoms. The van der Waals surface area contributed by atoms with E-state index in [1.54, 1.807) is 0 Å². The van der Waals surface area contributed by atoms with E-state index in [0.29, 0.717) is 6.10 Å². The van der Waals surface area contributed by atoms with Gasteiger partial charge in [-0.1, -0.05) is 0 Å². The molecule has 0 aromatic rings. The molecule has 1 saturated heterocycles. The van der Waals surface area contributed by atoms with Crippen LogP contribution in [0.1, 0.15) is 32.1 Å². The molecule has 1 N–H and O–H groups in total. The van der Waals surface area contributed by atoms with Crippen molar-refractivity contribution in [3.63, 3.8) is 0 Å². The van der Waals surface area contributed by atoms with Crippen molar-refractivity contribution in [2.24, 2.45) is 0 Å². The van der Waals surface area contributed by atoms with Gasteiger partial charge in [-0.15, -0.1) is 0 Å². The van der Waals surface area contributed by atoms with Gasteiger partial charge in [0.1, 0.15) is 0 Å². The van der Waals surface area contributed by atoms with Crippen LogP contribution in [0.4, 0.5) is 0 Å². The van der Waals surface area contributed by atoms with Crippen LogP contribution in [0.5, 0.6) is 0 Å². The van der Waals surface area contributed by atoms with Gasteiger partial charge in [0.2, 0.25) is 0 Å². The van der Waals surface area contributed by atoms with E-state index >= 15 is 0 Å². The van der Waals surface area contributed by atoms with Crippen LogP contribution in [0.25, 0.3) is 0 Å². The fourth-order valence-corrected chi connectivity index (χ4v) is 1.62. The number of nitrogens with one attached hydrogen (secondary N) is 1. The first-order chi connectivity index (χ1) is 6.43. The van der Waals surface area contributed by atoms with Gasteiger partial charge in [-0.3, -0.25) is 0 Å². The molecule has 0 saturated carbocycles. The highest BCUT2D eigenvalue weighted by Gasteiger charge is 2.12. The molecule has 1 atom stereocenters. The predicted molar refractivity (Wildman–Crippen MR) is 51.2 cm³/mol. The highest BCUT2D eigenvalue weighted by molar-refractivity contribution is 4.64. The van der Waals surface area contributed by atoms with E-state index in [0.717, 1.165) is 32.5 Å². The molecule has 1 aliphatic heterocycles. The number of ether oxygens (including phenoxy) is 1. The van der Waals surface area contributed by atoms with Crippen LogP contribution in [0, 0.1) is 0 Å². The Hall–Kier alpha value is -0.120. The molecule has 0 amide bonds. The summed E-state index contributed by atoms with van der Waals surface area (Å²) in [4.78, 5) is 0. The van der Waals surface area contributed by atoms with Gasteiger partial charge in [0, 0.05) is 6.61 Å². The summed E-state index contributed by atoms with van der Waals surface area (Å²) in [6, 6.07) is 0. The first-order valence-corrected chi connectivity index (χ1v) is 5.34. The number of hydrogen-bond donors (Lipinski definition) is 1. The predicted octanol–water partition coefficient (Wildman–Crippen LogP) is 1.36. The summed E-state index contributed by atoms with van der Waals surface area (Å²) >= 11 is 0. The topological polar surface area (TPSA) is 41.2 Å². The average Bonchev–Trinajstić information content (AvgIpc) is 2.19. The van der Waals surface area contributed by atoms with Gasteiger partial charge in [-0.2, -0.15) is 0 Å². The molecule has 1 heterocycles. The van der Waals surface area contributed by atoms with E-state index in [4.69, 9.17) is 4.74 Å². The van der Waals surface area contributed by atoms with E-state index in [1.165, 1.54) is 19.3 Å². The lowest BCUT2D eigenvalue weighted by Crippen LogP contribution is -2.26. The Morgan fingerprint density at radius 3 is 2.92 bits per heavy atom. The van der Waals surface area contributed by atoms with Gasteiger partial charge >= 0.3 is 0 Å². The molecule has 1 fully saturated rings. The van der Waals surface area contributed by atoms with Crippen molar-refractivity contribution >= 4 is 0 Å². The minimum atomic E-state index is 0.0347. The van der Waals surface area contributed by atoms with E-state index < -0.39 is 0 Å². The zero-order chi connectivity index (χ0) is 9.36. The molecule has 3 heteroatoms. The molecule has 0 spiro atoms. The summed E-state index contributed by atoms with van der Waals surface area (Å²) in [6.07, 6.45) is 6.05. The Balaban J connectivity index is 1.86. The molecular weight excluding hydrogens is 166 g/mol. The van der Waals surface area contributed by atoms with Crippen molar-refractivity contribution in [2.45, 2.75) is 38.2 Å². The Morgan fingerprint density at radius 2 is 2.23 bits per heavy atom. The van der Waals surface area contributed by atoms with E-state index in [1.807, 2.05) is 0 Å². The molecule has 0 aromatic heterocycles. The molecule has 1 radical (unpaired) electrons. The maximum Gasteiger partial charge on any atom is 0.0834 e. The number of rotatable bonds is 6. The van der Waals surface area contributed by atoms with Crippen molar-refractivity contribution in [1.29, 1.82) is 0 Å². The highest BCUT2D eigenvalue weighted by atomic mass is 16.5. The smallest absolute Gasteiger partial charge is 0.0834 e. The van der Waals surface area contributed by atoms with Crippen molar-refractivity contribution in [3.8, 4) is 0 Å². The Labute approximate surface area is 80.5 Å². The molecule has 1 rings (SSSR count). The second-order valence-corrected chi connectivity index (χ2v) is 3.58. The van der Waals surface area contributed by atoms with Crippen LogP contribution >= 0.6 is 0 Å². The quantitative estimate of drug-likeness (QED) is 0.636. The normalized spacial score (nSPS) is 23.3. The largest absolute Gasteiger partial charge is 0.378 e. The van der Waals surface area contributed by atoms with Gasteiger partial charge in [-0.25, -0.2) is 5.11 Å². The van der Waals surface area contributed by atoms with E-state index in [9.17, 15) is 5.11 Å². The fraction of sp³-hybridized carbons (Fsp3) is 1.00. The second kappa shape index (κ2) is 7.30. The molecule has 3 nitrogen and oxygen atoms in total. The van der Waals surface area contributed by atoms with Crippen LogP contribution < -0.4 is 5.32 Å². The van der Waals surface area contributed by atoms with Crippen molar-refractivity contribution < 1.29 is 9.84 Å². The Kier molecular flexibility index (Phi) is 6.15. The minimum Gasteiger partial charge on any atom is -0.378 e. The zero-order valence-corrected chi connectivity index (χ0v) is 8.26. The molecule has 0 aromatic carbocycles. The molecule has 0 bridgehead atoms. The SMILES string of the molecule is [O]CCCNCCC1CCCCO1. The van der Waals surface area contributed by atoms with Crippen LogP contribution in [-0.2, 0) is 9.84 Å². The maximum atomic E-state index is 10.1. The van der Waals surface area contributed by atoms with Crippen LogP contribution in [-0.4, -0.2) is 32.4 Å². The highest BCUT2D eigenvalue weighted by Crippen LogP contribution is 2.14. The molecule has 77 valence electrons. The lowest BCUT2D eigenvalue weighted by atomic mass is 10.1. The van der Waals surface area contributed by atoms with E-state index in [-0.39, 0.29) is 6.61 Å². The van der Waals surface area contributed by atoms with Gasteiger partial charge in [0.15, 0.2) is 0 Å². The lowest BCUT2D eigenvalue weighted by molar-refractivity contribution is 0.0115. The number of hydrogen-bond acceptors (Lipinski definition) is 2. The molecule has 0 aliphatic carbocycles. The third-order valence-corrected chi connectivity index (χ3v) is 2.41. The third-order valence-electron chi connectivity index (χ3n) is 2.41. The summed E-state index contributed by atoms with van der Waals surface area (Å²) in [7, 11) is 0. The zero-order valence-electron chi connectivity index (χ0n) is 8.26. The standard InChI is InChI=1S/C10H20NO2/c12-8-3-6-11-7-5-10-4-1-2-9-13-10/h10-11H,1-9H2. The monoisotopic (exact) mass is 186 g/mol. The molecular formula is C10H20NO2. The third kappa shape index (κ3) is 5.24. The molecule has 1 unspecified atom stereocenters. The average molecular weight is 186 g/mol. The minimum absolute atomic E-state index is 0.0347. The Morgan fingerprint density at radius 1 is 1.31 bits per heavy atom. The summed E-state index contributed by atoms with van der Waals surface area (Å²) in [5, 5.41) is 13.4. The van der Waals surface area contributed by atoms with Gasteiger partial charge < -0.3 is 10.1 Å². The second-order valence-electron chi connectivity index (χ2n) is 3.58. The first-order valence-electron chi connectivity index (χ1n) is 5.34. The summed E-state index contributed by atoms with van der Waals surface area (Å²) in [5.74, 6) is 0. The van der Waals surface area contributed by atoms with Crippen LogP contribution in [0.2, 0.25) is 0 Å². The van der Waals surface area contributed by atoms with Crippen molar-refractivity contribution in [2.75, 3.05) is 26.3 Å². The van der Waals surface area contributed by atoms with Crippen molar-refractivity contribution in [1.82, 2.24) is 5.32 Å². The fourth-order valence-electron chi connectivity index (χ4n) is 1.62. The van der Waals surface area contributed by atoms with Gasteiger partial charge in [-0.05, 0) is 45.2 Å². The molecule has 1 aliphatic rings. The van der Waals surface area contributed by atoms with Crippen molar-refractivity contribution in [3.05, 3.63) is 0 Å². The van der Waals surface area contributed by atoms with Crippen LogP contribution in [0.15, 0.2) is 0 Å². The van der Waals surface area contributed by atoms with E-state index in [2.05, 4.69) is 5.32 Å². The first kappa shape index (κ1) is 11.0. The lowest BCUT2D eigenvalue weighted by Gasteiger charge is -2.22. The van der Waals surface area contributed by atoms with Crippen LogP contribution in [0.3, 0.4) is 0 Å².